The Bertz CT molecular complexity index is 960. The van der Waals surface area contributed by atoms with Gasteiger partial charge < -0.3 is 5.32 Å². The molecule has 0 atom stereocenters. The maximum atomic E-state index is 12.8. The van der Waals surface area contributed by atoms with Crippen molar-refractivity contribution in [1.82, 2.24) is 4.90 Å². The minimum atomic E-state index is -0.519. The van der Waals surface area contributed by atoms with E-state index >= 15 is 0 Å². The Morgan fingerprint density at radius 3 is 2.26 bits per heavy atom. The first-order valence-corrected chi connectivity index (χ1v) is 8.22. The quantitative estimate of drug-likeness (QED) is 0.368. The van der Waals surface area contributed by atoms with Gasteiger partial charge in [0.2, 0.25) is 0 Å². The number of nitrogens with zero attached hydrogens (tertiary/aromatic N) is 2. The Kier molecular flexibility index (Phi) is 4.85. The van der Waals surface area contributed by atoms with Crippen LogP contribution in [0.3, 0.4) is 0 Å². The highest BCUT2D eigenvalue weighted by Gasteiger charge is 2.38. The lowest BCUT2D eigenvalue weighted by Gasteiger charge is -2.12. The van der Waals surface area contributed by atoms with Crippen molar-refractivity contribution in [3.8, 4) is 0 Å². The number of hydrogen-bond acceptors (Lipinski definition) is 5. The average molecular weight is 363 g/mol. The standard InChI is InChI=1S/C20H17N3O4/c1-3-12-22-19(24)17(14-6-10-16(11-7-14)23(26)27)18(20(22)25)21-15-8-4-13(2)5-9-15/h3-11,21H,1,12H2,2H3. The van der Waals surface area contributed by atoms with E-state index in [1.165, 1.54) is 30.3 Å². The molecule has 1 heterocycles. The summed E-state index contributed by atoms with van der Waals surface area (Å²) in [6, 6.07) is 12.9. The fourth-order valence-corrected chi connectivity index (χ4v) is 2.79. The summed E-state index contributed by atoms with van der Waals surface area (Å²) >= 11 is 0. The number of nitrogens with one attached hydrogen (secondary N) is 1. The second-order valence-electron chi connectivity index (χ2n) is 6.05. The average Bonchev–Trinajstić information content (AvgIpc) is 2.88. The van der Waals surface area contributed by atoms with Gasteiger partial charge in [-0.25, -0.2) is 0 Å². The molecule has 3 rings (SSSR count). The van der Waals surface area contributed by atoms with Gasteiger partial charge in [0.05, 0.1) is 10.5 Å². The number of non-ortho nitro benzene ring substituents is 1. The Hall–Kier alpha value is -3.74. The number of hydrogen-bond donors (Lipinski definition) is 1. The molecule has 0 radical (unpaired) electrons. The van der Waals surface area contributed by atoms with Crippen LogP contribution in [0.25, 0.3) is 5.57 Å². The third-order valence-electron chi connectivity index (χ3n) is 4.17. The summed E-state index contributed by atoms with van der Waals surface area (Å²) in [5.41, 5.74) is 2.38. The molecule has 27 heavy (non-hydrogen) atoms. The van der Waals surface area contributed by atoms with Gasteiger partial charge in [-0.2, -0.15) is 0 Å². The zero-order valence-corrected chi connectivity index (χ0v) is 14.6. The van der Waals surface area contributed by atoms with E-state index in [1.807, 2.05) is 31.2 Å². The number of nitro benzene ring substituents is 1. The van der Waals surface area contributed by atoms with Gasteiger partial charge in [0, 0.05) is 24.4 Å². The number of nitro groups is 1. The Labute approximate surface area is 155 Å². The van der Waals surface area contributed by atoms with Crippen LogP contribution >= 0.6 is 0 Å². The summed E-state index contributed by atoms with van der Waals surface area (Å²) < 4.78 is 0. The van der Waals surface area contributed by atoms with Gasteiger partial charge in [-0.15, -0.1) is 6.58 Å². The molecule has 2 amide bonds. The van der Waals surface area contributed by atoms with Crippen LogP contribution < -0.4 is 5.32 Å². The van der Waals surface area contributed by atoms with Gasteiger partial charge >= 0.3 is 0 Å². The second kappa shape index (κ2) is 7.25. The van der Waals surface area contributed by atoms with Gasteiger partial charge in [-0.05, 0) is 36.8 Å². The van der Waals surface area contributed by atoms with Crippen LogP contribution in [0.1, 0.15) is 11.1 Å². The molecule has 0 unspecified atom stereocenters. The zero-order chi connectivity index (χ0) is 19.6. The number of anilines is 1. The minimum absolute atomic E-state index is 0.0766. The third kappa shape index (κ3) is 3.48. The number of carbonyl (C=O) groups excluding carboxylic acids is 2. The van der Waals surface area contributed by atoms with Gasteiger partial charge in [0.25, 0.3) is 17.5 Å². The van der Waals surface area contributed by atoms with E-state index < -0.39 is 16.7 Å². The number of aryl methyl sites for hydroxylation is 1. The van der Waals surface area contributed by atoms with Gasteiger partial charge in [0.1, 0.15) is 5.70 Å². The second-order valence-corrected chi connectivity index (χ2v) is 6.05. The number of rotatable bonds is 6. The maximum Gasteiger partial charge on any atom is 0.278 e. The van der Waals surface area contributed by atoms with Crippen molar-refractivity contribution in [1.29, 1.82) is 0 Å². The largest absolute Gasteiger partial charge is 0.350 e. The normalized spacial score (nSPS) is 13.9. The van der Waals surface area contributed by atoms with Crippen molar-refractivity contribution >= 4 is 28.8 Å². The molecule has 0 aliphatic carbocycles. The Morgan fingerprint density at radius 2 is 1.70 bits per heavy atom. The van der Waals surface area contributed by atoms with Gasteiger partial charge in [-0.3, -0.25) is 24.6 Å². The van der Waals surface area contributed by atoms with Crippen LogP contribution in [0.4, 0.5) is 11.4 Å². The van der Waals surface area contributed by atoms with Gasteiger partial charge in [0.15, 0.2) is 0 Å². The fourth-order valence-electron chi connectivity index (χ4n) is 2.79. The highest BCUT2D eigenvalue weighted by atomic mass is 16.6. The van der Waals surface area contributed by atoms with Crippen LogP contribution in [0.15, 0.2) is 66.9 Å². The summed E-state index contributed by atoms with van der Waals surface area (Å²) in [7, 11) is 0. The molecule has 2 aromatic rings. The lowest BCUT2D eigenvalue weighted by molar-refractivity contribution is -0.384. The SMILES string of the molecule is C=CCN1C(=O)C(Nc2ccc(C)cc2)=C(c2ccc([N+](=O)[O-])cc2)C1=O. The predicted molar refractivity (Wildman–Crippen MR) is 102 cm³/mol. The number of imide groups is 1. The van der Waals surface area contributed by atoms with Crippen LogP contribution in [0.5, 0.6) is 0 Å². The summed E-state index contributed by atoms with van der Waals surface area (Å²) in [4.78, 5) is 37.0. The molecule has 7 nitrogen and oxygen atoms in total. The first-order chi connectivity index (χ1) is 12.9. The van der Waals surface area contributed by atoms with Crippen LogP contribution in [-0.2, 0) is 9.59 Å². The topological polar surface area (TPSA) is 92.6 Å². The highest BCUT2D eigenvalue weighted by Crippen LogP contribution is 2.31. The molecule has 0 saturated carbocycles. The van der Waals surface area contributed by atoms with Gasteiger partial charge in [-0.1, -0.05) is 23.8 Å². The maximum absolute atomic E-state index is 12.8. The zero-order valence-electron chi connectivity index (χ0n) is 14.6. The van der Waals surface area contributed by atoms with Crippen LogP contribution in [0.2, 0.25) is 0 Å². The highest BCUT2D eigenvalue weighted by molar-refractivity contribution is 6.36. The summed E-state index contributed by atoms with van der Waals surface area (Å²) in [5.74, 6) is -0.933. The molecule has 0 spiro atoms. The molecule has 1 aliphatic rings. The molecule has 1 N–H and O–H groups in total. The van der Waals surface area contributed by atoms with E-state index in [-0.39, 0.29) is 23.5 Å². The molecular formula is C20H17N3O4. The van der Waals surface area contributed by atoms with Crippen molar-refractivity contribution in [3.05, 3.63) is 88.1 Å². The number of amides is 2. The minimum Gasteiger partial charge on any atom is -0.350 e. The van der Waals surface area contributed by atoms with E-state index in [1.54, 1.807) is 0 Å². The Balaban J connectivity index is 2.06. The molecule has 136 valence electrons. The van der Waals surface area contributed by atoms with E-state index in [0.29, 0.717) is 11.3 Å². The number of benzene rings is 2. The smallest absolute Gasteiger partial charge is 0.278 e. The van der Waals surface area contributed by atoms with Crippen LogP contribution in [0, 0.1) is 17.0 Å². The van der Waals surface area contributed by atoms with Crippen molar-refractivity contribution < 1.29 is 14.5 Å². The molecule has 0 bridgehead atoms. The lowest BCUT2D eigenvalue weighted by Crippen LogP contribution is -2.32. The molecular weight excluding hydrogens is 346 g/mol. The van der Waals surface area contributed by atoms with E-state index in [0.717, 1.165) is 10.5 Å². The first-order valence-electron chi connectivity index (χ1n) is 8.22. The van der Waals surface area contributed by atoms with E-state index in [2.05, 4.69) is 11.9 Å². The fraction of sp³-hybridized carbons (Fsp3) is 0.100. The Morgan fingerprint density at radius 1 is 1.07 bits per heavy atom. The van der Waals surface area contributed by atoms with Crippen molar-refractivity contribution in [2.45, 2.75) is 6.92 Å². The van der Waals surface area contributed by atoms with E-state index in [9.17, 15) is 19.7 Å². The lowest BCUT2D eigenvalue weighted by atomic mass is 10.0. The van der Waals surface area contributed by atoms with E-state index in [4.69, 9.17) is 0 Å². The third-order valence-corrected chi connectivity index (χ3v) is 4.17. The summed E-state index contributed by atoms with van der Waals surface area (Å²) in [5, 5.41) is 13.9. The predicted octanol–water partition coefficient (Wildman–Crippen LogP) is 3.28. The van der Waals surface area contributed by atoms with Crippen molar-refractivity contribution in [2.75, 3.05) is 11.9 Å². The molecule has 1 aliphatic heterocycles. The molecule has 0 fully saturated rings. The first kappa shape index (κ1) is 18.1. The molecule has 0 aromatic heterocycles. The molecule has 0 saturated heterocycles. The molecule has 2 aromatic carbocycles. The number of carbonyl (C=O) groups is 2. The summed E-state index contributed by atoms with van der Waals surface area (Å²) in [6.07, 6.45) is 1.47. The van der Waals surface area contributed by atoms with Crippen molar-refractivity contribution in [2.24, 2.45) is 0 Å². The van der Waals surface area contributed by atoms with Crippen molar-refractivity contribution in [3.63, 3.8) is 0 Å². The summed E-state index contributed by atoms with van der Waals surface area (Å²) in [6.45, 7) is 5.60. The monoisotopic (exact) mass is 363 g/mol. The molecule has 7 heteroatoms. The van der Waals surface area contributed by atoms with Crippen LogP contribution in [-0.4, -0.2) is 28.2 Å².